The fourth-order valence-electron chi connectivity index (χ4n) is 3.12. The number of aliphatic hydroxyl groups excluding tert-OH is 1. The molecule has 0 saturated carbocycles. The number of ether oxygens (including phenoxy) is 1. The molecule has 112 valence electrons. The molecule has 0 radical (unpaired) electrons. The molecule has 1 aliphatic rings. The standard InChI is InChI=1S/C17H27NO2/c1-13-4-6-17(7-5-13)20-12-16(19)11-18-9-14(2)8-15(3)10-18/h4-7,14-16,19H,8-12H2,1-3H3/t14-,15+,16-/m1/s1. The zero-order chi connectivity index (χ0) is 14.5. The Morgan fingerprint density at radius 1 is 1.20 bits per heavy atom. The summed E-state index contributed by atoms with van der Waals surface area (Å²) >= 11 is 0. The molecule has 20 heavy (non-hydrogen) atoms. The highest BCUT2D eigenvalue weighted by Crippen LogP contribution is 2.21. The summed E-state index contributed by atoms with van der Waals surface area (Å²) in [6.07, 6.45) is 0.876. The van der Waals surface area contributed by atoms with Gasteiger partial charge in [0.15, 0.2) is 0 Å². The third-order valence-electron chi connectivity index (χ3n) is 3.88. The van der Waals surface area contributed by atoms with Gasteiger partial charge in [0.1, 0.15) is 18.5 Å². The minimum absolute atomic E-state index is 0.363. The molecule has 1 aliphatic heterocycles. The second kappa shape index (κ2) is 7.09. The van der Waals surface area contributed by atoms with E-state index in [9.17, 15) is 5.11 Å². The highest BCUT2D eigenvalue weighted by atomic mass is 16.5. The maximum atomic E-state index is 10.1. The molecule has 3 atom stereocenters. The zero-order valence-corrected chi connectivity index (χ0v) is 12.9. The lowest BCUT2D eigenvalue weighted by Crippen LogP contribution is -2.43. The molecule has 1 heterocycles. The van der Waals surface area contributed by atoms with Crippen molar-refractivity contribution >= 4 is 0 Å². The Morgan fingerprint density at radius 3 is 2.40 bits per heavy atom. The summed E-state index contributed by atoms with van der Waals surface area (Å²) in [7, 11) is 0. The lowest BCUT2D eigenvalue weighted by molar-refractivity contribution is 0.0429. The van der Waals surface area contributed by atoms with Crippen molar-refractivity contribution in [1.82, 2.24) is 4.90 Å². The second-order valence-electron chi connectivity index (χ2n) is 6.44. The SMILES string of the molecule is Cc1ccc(OC[C@H](O)CN2C[C@H](C)C[C@H](C)C2)cc1. The van der Waals surface area contributed by atoms with Crippen LogP contribution >= 0.6 is 0 Å². The van der Waals surface area contributed by atoms with Crippen molar-refractivity contribution in [2.24, 2.45) is 11.8 Å². The van der Waals surface area contributed by atoms with Crippen LogP contribution in [0.2, 0.25) is 0 Å². The number of hydrogen-bond donors (Lipinski definition) is 1. The lowest BCUT2D eigenvalue weighted by Gasteiger charge is -2.35. The van der Waals surface area contributed by atoms with Gasteiger partial charge in [-0.05, 0) is 37.3 Å². The summed E-state index contributed by atoms with van der Waals surface area (Å²) in [4.78, 5) is 2.36. The zero-order valence-electron chi connectivity index (χ0n) is 12.9. The highest BCUT2D eigenvalue weighted by Gasteiger charge is 2.23. The number of likely N-dealkylation sites (tertiary alicyclic amines) is 1. The summed E-state index contributed by atoms with van der Waals surface area (Å²) in [6.45, 7) is 9.88. The molecule has 0 amide bonds. The molecule has 2 rings (SSSR count). The smallest absolute Gasteiger partial charge is 0.119 e. The number of piperidine rings is 1. The van der Waals surface area contributed by atoms with Crippen molar-refractivity contribution in [2.45, 2.75) is 33.3 Å². The molecular formula is C17H27NO2. The van der Waals surface area contributed by atoms with Crippen LogP contribution in [0.3, 0.4) is 0 Å². The molecule has 1 N–H and O–H groups in total. The molecular weight excluding hydrogens is 250 g/mol. The predicted octanol–water partition coefficient (Wildman–Crippen LogP) is 2.71. The summed E-state index contributed by atoms with van der Waals surface area (Å²) in [5.41, 5.74) is 1.22. The summed E-state index contributed by atoms with van der Waals surface area (Å²) in [5, 5.41) is 10.1. The third kappa shape index (κ3) is 4.80. The molecule has 1 aromatic rings. The number of aliphatic hydroxyl groups is 1. The monoisotopic (exact) mass is 277 g/mol. The first-order chi connectivity index (χ1) is 9.52. The highest BCUT2D eigenvalue weighted by molar-refractivity contribution is 5.26. The fourth-order valence-corrected chi connectivity index (χ4v) is 3.12. The maximum Gasteiger partial charge on any atom is 0.119 e. The summed E-state index contributed by atoms with van der Waals surface area (Å²) < 4.78 is 5.64. The number of nitrogens with zero attached hydrogens (tertiary/aromatic N) is 1. The summed E-state index contributed by atoms with van der Waals surface area (Å²) in [6, 6.07) is 7.95. The van der Waals surface area contributed by atoms with E-state index >= 15 is 0 Å². The van der Waals surface area contributed by atoms with Crippen LogP contribution in [0.5, 0.6) is 5.75 Å². The van der Waals surface area contributed by atoms with Gasteiger partial charge in [-0.1, -0.05) is 31.5 Å². The van der Waals surface area contributed by atoms with Crippen LogP contribution in [0, 0.1) is 18.8 Å². The van der Waals surface area contributed by atoms with Crippen molar-refractivity contribution in [3.05, 3.63) is 29.8 Å². The first-order valence-electron chi connectivity index (χ1n) is 7.63. The van der Waals surface area contributed by atoms with E-state index in [0.717, 1.165) is 30.7 Å². The van der Waals surface area contributed by atoms with Crippen molar-refractivity contribution in [3.63, 3.8) is 0 Å². The quantitative estimate of drug-likeness (QED) is 0.898. The third-order valence-corrected chi connectivity index (χ3v) is 3.88. The molecule has 0 bridgehead atoms. The van der Waals surface area contributed by atoms with Gasteiger partial charge < -0.3 is 14.7 Å². The average Bonchev–Trinajstić information content (AvgIpc) is 2.37. The topological polar surface area (TPSA) is 32.7 Å². The fraction of sp³-hybridized carbons (Fsp3) is 0.647. The Labute approximate surface area is 122 Å². The van der Waals surface area contributed by atoms with Crippen molar-refractivity contribution < 1.29 is 9.84 Å². The van der Waals surface area contributed by atoms with Gasteiger partial charge >= 0.3 is 0 Å². The first-order valence-corrected chi connectivity index (χ1v) is 7.63. The van der Waals surface area contributed by atoms with Gasteiger partial charge in [0.05, 0.1) is 0 Å². The largest absolute Gasteiger partial charge is 0.491 e. The second-order valence-corrected chi connectivity index (χ2v) is 6.44. The van der Waals surface area contributed by atoms with Crippen LogP contribution in [0.1, 0.15) is 25.8 Å². The van der Waals surface area contributed by atoms with Gasteiger partial charge in [-0.3, -0.25) is 0 Å². The number of benzene rings is 1. The van der Waals surface area contributed by atoms with Gasteiger partial charge in [0, 0.05) is 19.6 Å². The van der Waals surface area contributed by atoms with Crippen molar-refractivity contribution in [3.8, 4) is 5.75 Å². The van der Waals surface area contributed by atoms with E-state index < -0.39 is 6.10 Å². The minimum atomic E-state index is -0.422. The Morgan fingerprint density at radius 2 is 1.80 bits per heavy atom. The molecule has 0 aromatic heterocycles. The van der Waals surface area contributed by atoms with E-state index in [1.807, 2.05) is 24.3 Å². The van der Waals surface area contributed by atoms with E-state index in [-0.39, 0.29) is 0 Å². The van der Waals surface area contributed by atoms with Gasteiger partial charge in [0.25, 0.3) is 0 Å². The van der Waals surface area contributed by atoms with E-state index in [4.69, 9.17) is 4.74 Å². The Bertz CT molecular complexity index is 394. The molecule has 3 nitrogen and oxygen atoms in total. The van der Waals surface area contributed by atoms with E-state index in [1.165, 1.54) is 12.0 Å². The number of aryl methyl sites for hydroxylation is 1. The number of rotatable bonds is 5. The number of β-amino-alcohol motifs (C(OH)–C–C–N with tert-alkyl or cyclic N) is 1. The van der Waals surface area contributed by atoms with Gasteiger partial charge in [-0.15, -0.1) is 0 Å². The Kier molecular flexibility index (Phi) is 5.44. The molecule has 3 heteroatoms. The van der Waals surface area contributed by atoms with Crippen molar-refractivity contribution in [1.29, 1.82) is 0 Å². The van der Waals surface area contributed by atoms with Crippen LogP contribution in [-0.4, -0.2) is 42.4 Å². The summed E-state index contributed by atoms with van der Waals surface area (Å²) in [5.74, 6) is 2.28. The van der Waals surface area contributed by atoms with E-state index in [1.54, 1.807) is 0 Å². The maximum absolute atomic E-state index is 10.1. The lowest BCUT2D eigenvalue weighted by atomic mass is 9.92. The molecule has 0 aliphatic carbocycles. The first kappa shape index (κ1) is 15.3. The van der Waals surface area contributed by atoms with Crippen LogP contribution in [0.15, 0.2) is 24.3 Å². The minimum Gasteiger partial charge on any atom is -0.491 e. The molecule has 1 saturated heterocycles. The molecule has 1 aromatic carbocycles. The van der Waals surface area contributed by atoms with Gasteiger partial charge in [0.2, 0.25) is 0 Å². The van der Waals surface area contributed by atoms with Crippen LogP contribution in [0.4, 0.5) is 0 Å². The van der Waals surface area contributed by atoms with E-state index in [2.05, 4.69) is 25.7 Å². The molecule has 0 unspecified atom stereocenters. The van der Waals surface area contributed by atoms with E-state index in [0.29, 0.717) is 13.2 Å². The van der Waals surface area contributed by atoms with Crippen molar-refractivity contribution in [2.75, 3.05) is 26.2 Å². The van der Waals surface area contributed by atoms with Crippen LogP contribution in [0.25, 0.3) is 0 Å². The van der Waals surface area contributed by atoms with Crippen LogP contribution in [-0.2, 0) is 0 Å². The molecule has 0 spiro atoms. The normalized spacial score (nSPS) is 25.4. The molecule has 1 fully saturated rings. The Hall–Kier alpha value is -1.06. The van der Waals surface area contributed by atoms with Crippen LogP contribution < -0.4 is 4.74 Å². The average molecular weight is 277 g/mol. The van der Waals surface area contributed by atoms with Gasteiger partial charge in [-0.2, -0.15) is 0 Å². The number of hydrogen-bond acceptors (Lipinski definition) is 3. The Balaban J connectivity index is 1.74. The van der Waals surface area contributed by atoms with Gasteiger partial charge in [-0.25, -0.2) is 0 Å². The predicted molar refractivity (Wildman–Crippen MR) is 82.1 cm³/mol.